The Morgan fingerprint density at radius 1 is 0.778 bits per heavy atom. The predicted octanol–water partition coefficient (Wildman–Crippen LogP) is 5.06. The summed E-state index contributed by atoms with van der Waals surface area (Å²) >= 11 is 0. The molecule has 4 heteroatoms. The van der Waals surface area contributed by atoms with Gasteiger partial charge in [-0.15, -0.1) is 0 Å². The standard InChI is InChI=1S/C23H22O4/c1-17(24)20-13-21(26-15-18-9-5-3-6-10-18)23(25-2)22(14-20)27-16-19-11-7-4-8-12-19/h3-14H,15-16H2,1-2H3. The summed E-state index contributed by atoms with van der Waals surface area (Å²) in [6.45, 7) is 2.26. The lowest BCUT2D eigenvalue weighted by Gasteiger charge is -2.17. The van der Waals surface area contributed by atoms with E-state index in [1.165, 1.54) is 6.92 Å². The number of hydrogen-bond donors (Lipinski definition) is 0. The first-order valence-electron chi connectivity index (χ1n) is 8.74. The number of ether oxygens (including phenoxy) is 3. The minimum Gasteiger partial charge on any atom is -0.490 e. The van der Waals surface area contributed by atoms with Crippen molar-refractivity contribution in [2.75, 3.05) is 7.11 Å². The molecule has 0 N–H and O–H groups in total. The van der Waals surface area contributed by atoms with E-state index in [-0.39, 0.29) is 5.78 Å². The van der Waals surface area contributed by atoms with Gasteiger partial charge in [0.15, 0.2) is 17.3 Å². The van der Waals surface area contributed by atoms with Gasteiger partial charge >= 0.3 is 0 Å². The van der Waals surface area contributed by atoms with Gasteiger partial charge in [0.25, 0.3) is 0 Å². The fourth-order valence-electron chi connectivity index (χ4n) is 2.67. The highest BCUT2D eigenvalue weighted by molar-refractivity contribution is 5.95. The van der Waals surface area contributed by atoms with Gasteiger partial charge in [-0.2, -0.15) is 0 Å². The number of hydrogen-bond acceptors (Lipinski definition) is 4. The van der Waals surface area contributed by atoms with Gasteiger partial charge in [-0.25, -0.2) is 0 Å². The third kappa shape index (κ3) is 4.88. The minimum absolute atomic E-state index is 0.0632. The molecule has 3 rings (SSSR count). The molecule has 0 spiro atoms. The maximum Gasteiger partial charge on any atom is 0.203 e. The summed E-state index contributed by atoms with van der Waals surface area (Å²) in [6.07, 6.45) is 0. The van der Waals surface area contributed by atoms with E-state index in [9.17, 15) is 4.79 Å². The third-order valence-electron chi connectivity index (χ3n) is 4.11. The van der Waals surface area contributed by atoms with Crippen LogP contribution in [0, 0.1) is 0 Å². The van der Waals surface area contributed by atoms with Gasteiger partial charge in [0.05, 0.1) is 7.11 Å². The van der Waals surface area contributed by atoms with Crippen LogP contribution in [0.1, 0.15) is 28.4 Å². The van der Waals surface area contributed by atoms with Crippen LogP contribution < -0.4 is 14.2 Å². The van der Waals surface area contributed by atoms with Crippen molar-refractivity contribution in [2.45, 2.75) is 20.1 Å². The quantitative estimate of drug-likeness (QED) is 0.526. The van der Waals surface area contributed by atoms with Gasteiger partial charge in [-0.05, 0) is 30.2 Å². The molecule has 0 saturated heterocycles. The minimum atomic E-state index is -0.0632. The summed E-state index contributed by atoms with van der Waals surface area (Å²) in [6, 6.07) is 23.0. The van der Waals surface area contributed by atoms with Crippen molar-refractivity contribution < 1.29 is 19.0 Å². The third-order valence-corrected chi connectivity index (χ3v) is 4.11. The van der Waals surface area contributed by atoms with Crippen molar-refractivity contribution in [3.63, 3.8) is 0 Å². The smallest absolute Gasteiger partial charge is 0.203 e. The summed E-state index contributed by atoms with van der Waals surface area (Å²) in [4.78, 5) is 11.9. The molecule has 4 nitrogen and oxygen atoms in total. The normalized spacial score (nSPS) is 10.3. The summed E-state index contributed by atoms with van der Waals surface area (Å²) in [5.74, 6) is 1.38. The predicted molar refractivity (Wildman–Crippen MR) is 105 cm³/mol. The van der Waals surface area contributed by atoms with Gasteiger partial charge in [0, 0.05) is 5.56 Å². The number of Topliss-reactive ketones (excluding diaryl/α,β-unsaturated/α-hetero) is 1. The van der Waals surface area contributed by atoms with Crippen LogP contribution in [0.3, 0.4) is 0 Å². The van der Waals surface area contributed by atoms with Crippen molar-refractivity contribution in [1.82, 2.24) is 0 Å². The Hall–Kier alpha value is -3.27. The molecule has 0 amide bonds. The Morgan fingerprint density at radius 3 is 1.59 bits per heavy atom. The first-order valence-corrected chi connectivity index (χ1v) is 8.74. The molecule has 0 aliphatic rings. The molecular weight excluding hydrogens is 340 g/mol. The molecule has 3 aromatic rings. The molecular formula is C23H22O4. The Labute approximate surface area is 159 Å². The van der Waals surface area contributed by atoms with Gasteiger partial charge < -0.3 is 14.2 Å². The molecule has 0 unspecified atom stereocenters. The van der Waals surface area contributed by atoms with Gasteiger partial charge in [0.1, 0.15) is 13.2 Å². The van der Waals surface area contributed by atoms with E-state index in [0.29, 0.717) is 36.0 Å². The van der Waals surface area contributed by atoms with Crippen molar-refractivity contribution in [2.24, 2.45) is 0 Å². The van der Waals surface area contributed by atoms with Crippen LogP contribution in [-0.2, 0) is 13.2 Å². The molecule has 27 heavy (non-hydrogen) atoms. The largest absolute Gasteiger partial charge is 0.490 e. The van der Waals surface area contributed by atoms with Gasteiger partial charge in [-0.3, -0.25) is 4.79 Å². The molecule has 0 bridgehead atoms. The number of ketones is 1. The van der Waals surface area contributed by atoms with E-state index >= 15 is 0 Å². The highest BCUT2D eigenvalue weighted by atomic mass is 16.5. The van der Waals surface area contributed by atoms with Crippen LogP contribution in [0.5, 0.6) is 17.2 Å². The van der Waals surface area contributed by atoms with Crippen LogP contribution in [-0.4, -0.2) is 12.9 Å². The van der Waals surface area contributed by atoms with Crippen LogP contribution in [0.4, 0.5) is 0 Å². The maximum absolute atomic E-state index is 11.9. The fourth-order valence-corrected chi connectivity index (χ4v) is 2.67. The molecule has 0 radical (unpaired) electrons. The first kappa shape index (κ1) is 18.5. The molecule has 0 aliphatic heterocycles. The first-order chi connectivity index (χ1) is 13.2. The Bertz CT molecular complexity index is 824. The van der Waals surface area contributed by atoms with Gasteiger partial charge in [-0.1, -0.05) is 60.7 Å². The Morgan fingerprint density at radius 2 is 1.22 bits per heavy atom. The van der Waals surface area contributed by atoms with Crippen LogP contribution in [0.15, 0.2) is 72.8 Å². The lowest BCUT2D eigenvalue weighted by molar-refractivity contribution is 0.101. The molecule has 0 aromatic heterocycles. The number of rotatable bonds is 8. The topological polar surface area (TPSA) is 44.8 Å². The lowest BCUT2D eigenvalue weighted by Crippen LogP contribution is -2.04. The summed E-state index contributed by atoms with van der Waals surface area (Å²) in [5, 5.41) is 0. The average Bonchev–Trinajstić information content (AvgIpc) is 2.71. The van der Waals surface area contributed by atoms with E-state index in [1.807, 2.05) is 60.7 Å². The van der Waals surface area contributed by atoms with Crippen molar-refractivity contribution in [3.8, 4) is 17.2 Å². The van der Waals surface area contributed by atoms with E-state index in [1.54, 1.807) is 19.2 Å². The number of carbonyl (C=O) groups is 1. The van der Waals surface area contributed by atoms with Crippen molar-refractivity contribution in [3.05, 3.63) is 89.5 Å². The van der Waals surface area contributed by atoms with Crippen LogP contribution >= 0.6 is 0 Å². The molecule has 0 saturated carbocycles. The monoisotopic (exact) mass is 362 g/mol. The Balaban J connectivity index is 1.86. The highest BCUT2D eigenvalue weighted by Gasteiger charge is 2.17. The van der Waals surface area contributed by atoms with Crippen molar-refractivity contribution >= 4 is 5.78 Å². The van der Waals surface area contributed by atoms with E-state index in [4.69, 9.17) is 14.2 Å². The molecule has 0 fully saturated rings. The second kappa shape index (κ2) is 8.90. The highest BCUT2D eigenvalue weighted by Crippen LogP contribution is 2.39. The molecule has 138 valence electrons. The van der Waals surface area contributed by atoms with Crippen LogP contribution in [0.25, 0.3) is 0 Å². The van der Waals surface area contributed by atoms with E-state index in [0.717, 1.165) is 11.1 Å². The summed E-state index contributed by atoms with van der Waals surface area (Å²) in [7, 11) is 1.56. The molecule has 3 aromatic carbocycles. The summed E-state index contributed by atoms with van der Waals surface area (Å²) in [5.41, 5.74) is 2.57. The fraction of sp³-hybridized carbons (Fsp3) is 0.174. The zero-order chi connectivity index (χ0) is 19.1. The Kier molecular flexibility index (Phi) is 6.10. The number of methoxy groups -OCH3 is 1. The van der Waals surface area contributed by atoms with E-state index < -0.39 is 0 Å². The second-order valence-corrected chi connectivity index (χ2v) is 6.11. The maximum atomic E-state index is 11.9. The summed E-state index contributed by atoms with van der Waals surface area (Å²) < 4.78 is 17.4. The lowest BCUT2D eigenvalue weighted by atomic mass is 10.1. The molecule has 0 heterocycles. The average molecular weight is 362 g/mol. The molecule has 0 atom stereocenters. The number of benzene rings is 3. The van der Waals surface area contributed by atoms with E-state index in [2.05, 4.69) is 0 Å². The zero-order valence-electron chi connectivity index (χ0n) is 15.5. The molecule has 0 aliphatic carbocycles. The van der Waals surface area contributed by atoms with Crippen LogP contribution in [0.2, 0.25) is 0 Å². The number of carbonyl (C=O) groups excluding carboxylic acids is 1. The van der Waals surface area contributed by atoms with Crippen molar-refractivity contribution in [1.29, 1.82) is 0 Å². The van der Waals surface area contributed by atoms with Gasteiger partial charge in [0.2, 0.25) is 5.75 Å². The second-order valence-electron chi connectivity index (χ2n) is 6.11. The zero-order valence-corrected chi connectivity index (χ0v) is 15.5. The SMILES string of the molecule is COc1c(OCc2ccccc2)cc(C(C)=O)cc1OCc1ccccc1.